The SMILES string of the molecule is NC1(Cn2cccc2)CCC1. The smallest absolute Gasteiger partial charge is 0.0400 e. The van der Waals surface area contributed by atoms with E-state index in [1.807, 2.05) is 12.1 Å². The summed E-state index contributed by atoms with van der Waals surface area (Å²) in [6, 6.07) is 4.09. The van der Waals surface area contributed by atoms with Gasteiger partial charge in [-0.3, -0.25) is 0 Å². The van der Waals surface area contributed by atoms with Crippen molar-refractivity contribution in [2.24, 2.45) is 5.73 Å². The van der Waals surface area contributed by atoms with Crippen LogP contribution in [0.25, 0.3) is 0 Å². The fourth-order valence-corrected chi connectivity index (χ4v) is 1.63. The molecule has 0 radical (unpaired) electrons. The maximum Gasteiger partial charge on any atom is 0.0400 e. The topological polar surface area (TPSA) is 30.9 Å². The zero-order chi connectivity index (χ0) is 7.73. The summed E-state index contributed by atoms with van der Waals surface area (Å²) < 4.78 is 2.17. The lowest BCUT2D eigenvalue weighted by atomic mass is 9.78. The van der Waals surface area contributed by atoms with Gasteiger partial charge < -0.3 is 10.3 Å². The molecule has 2 heteroatoms. The average molecular weight is 150 g/mol. The molecule has 0 aromatic carbocycles. The minimum absolute atomic E-state index is 0.110. The second kappa shape index (κ2) is 2.38. The van der Waals surface area contributed by atoms with E-state index in [4.69, 9.17) is 5.73 Å². The molecule has 1 aliphatic rings. The van der Waals surface area contributed by atoms with Crippen LogP contribution in [-0.4, -0.2) is 10.1 Å². The number of hydrogen-bond donors (Lipinski definition) is 1. The number of hydrogen-bond acceptors (Lipinski definition) is 1. The van der Waals surface area contributed by atoms with Crippen molar-refractivity contribution in [2.75, 3.05) is 0 Å². The van der Waals surface area contributed by atoms with E-state index in [0.29, 0.717) is 0 Å². The highest BCUT2D eigenvalue weighted by atomic mass is 15.0. The van der Waals surface area contributed by atoms with Gasteiger partial charge >= 0.3 is 0 Å². The van der Waals surface area contributed by atoms with Crippen LogP contribution in [0.5, 0.6) is 0 Å². The molecule has 1 heterocycles. The van der Waals surface area contributed by atoms with Gasteiger partial charge in [0.05, 0.1) is 0 Å². The van der Waals surface area contributed by atoms with Gasteiger partial charge in [-0.25, -0.2) is 0 Å². The first-order valence-corrected chi connectivity index (χ1v) is 4.18. The predicted molar refractivity (Wildman–Crippen MR) is 45.2 cm³/mol. The second-order valence-corrected chi connectivity index (χ2v) is 3.57. The van der Waals surface area contributed by atoms with Crippen molar-refractivity contribution in [3.8, 4) is 0 Å². The Labute approximate surface area is 67.0 Å². The van der Waals surface area contributed by atoms with Crippen LogP contribution in [-0.2, 0) is 6.54 Å². The molecule has 0 spiro atoms. The summed E-state index contributed by atoms with van der Waals surface area (Å²) in [7, 11) is 0. The van der Waals surface area contributed by atoms with Crippen molar-refractivity contribution in [2.45, 2.75) is 31.3 Å². The van der Waals surface area contributed by atoms with Crippen LogP contribution >= 0.6 is 0 Å². The van der Waals surface area contributed by atoms with Crippen LogP contribution in [0.2, 0.25) is 0 Å². The van der Waals surface area contributed by atoms with Crippen LogP contribution < -0.4 is 5.73 Å². The van der Waals surface area contributed by atoms with Gasteiger partial charge in [0, 0.05) is 24.5 Å². The van der Waals surface area contributed by atoms with Crippen LogP contribution in [0.3, 0.4) is 0 Å². The molecule has 1 saturated carbocycles. The van der Waals surface area contributed by atoms with Gasteiger partial charge in [-0.2, -0.15) is 0 Å². The van der Waals surface area contributed by atoms with Gasteiger partial charge in [0.1, 0.15) is 0 Å². The minimum Gasteiger partial charge on any atom is -0.352 e. The Kier molecular flexibility index (Phi) is 1.50. The summed E-state index contributed by atoms with van der Waals surface area (Å²) >= 11 is 0. The molecule has 1 aromatic rings. The standard InChI is InChI=1S/C9H14N2/c10-9(4-3-5-9)8-11-6-1-2-7-11/h1-2,6-7H,3-5,8,10H2. The van der Waals surface area contributed by atoms with Crippen LogP contribution in [0.15, 0.2) is 24.5 Å². The monoisotopic (exact) mass is 150 g/mol. The third-order valence-corrected chi connectivity index (χ3v) is 2.51. The molecule has 1 aromatic heterocycles. The maximum absolute atomic E-state index is 6.07. The molecular weight excluding hydrogens is 136 g/mol. The highest BCUT2D eigenvalue weighted by Crippen LogP contribution is 2.30. The lowest BCUT2D eigenvalue weighted by molar-refractivity contribution is 0.215. The highest BCUT2D eigenvalue weighted by Gasteiger charge is 2.32. The Hall–Kier alpha value is -0.760. The molecule has 0 bridgehead atoms. The van der Waals surface area contributed by atoms with Crippen molar-refractivity contribution in [3.05, 3.63) is 24.5 Å². The highest BCUT2D eigenvalue weighted by molar-refractivity contribution is 4.97. The maximum atomic E-state index is 6.07. The summed E-state index contributed by atoms with van der Waals surface area (Å²) in [5.74, 6) is 0. The van der Waals surface area contributed by atoms with E-state index in [1.54, 1.807) is 0 Å². The molecule has 60 valence electrons. The molecule has 1 fully saturated rings. The third-order valence-electron chi connectivity index (χ3n) is 2.51. The summed E-state index contributed by atoms with van der Waals surface area (Å²) in [5, 5.41) is 0. The Morgan fingerprint density at radius 3 is 2.36 bits per heavy atom. The van der Waals surface area contributed by atoms with E-state index in [0.717, 1.165) is 6.54 Å². The Morgan fingerprint density at radius 2 is 1.91 bits per heavy atom. The van der Waals surface area contributed by atoms with Gasteiger partial charge in [0.15, 0.2) is 0 Å². The number of nitrogens with two attached hydrogens (primary N) is 1. The summed E-state index contributed by atoms with van der Waals surface area (Å²) in [6.07, 6.45) is 7.83. The largest absolute Gasteiger partial charge is 0.352 e. The Balaban J connectivity index is 2.00. The van der Waals surface area contributed by atoms with Gasteiger partial charge in [-0.05, 0) is 31.4 Å². The molecular formula is C9H14N2. The molecule has 11 heavy (non-hydrogen) atoms. The molecule has 2 rings (SSSR count). The average Bonchev–Trinajstić information content (AvgIpc) is 2.36. The fraction of sp³-hybridized carbons (Fsp3) is 0.556. The van der Waals surface area contributed by atoms with E-state index < -0.39 is 0 Å². The lowest BCUT2D eigenvalue weighted by Gasteiger charge is -2.38. The molecule has 0 unspecified atom stereocenters. The van der Waals surface area contributed by atoms with Crippen molar-refractivity contribution in [3.63, 3.8) is 0 Å². The van der Waals surface area contributed by atoms with Crippen molar-refractivity contribution >= 4 is 0 Å². The van der Waals surface area contributed by atoms with Gasteiger partial charge in [-0.15, -0.1) is 0 Å². The van der Waals surface area contributed by atoms with Crippen LogP contribution in [0.4, 0.5) is 0 Å². The third kappa shape index (κ3) is 1.31. The summed E-state index contributed by atoms with van der Waals surface area (Å²) in [5.41, 5.74) is 6.18. The molecule has 1 aliphatic carbocycles. The van der Waals surface area contributed by atoms with Crippen LogP contribution in [0.1, 0.15) is 19.3 Å². The normalized spacial score (nSPS) is 21.2. The van der Waals surface area contributed by atoms with Gasteiger partial charge in [0.2, 0.25) is 0 Å². The summed E-state index contributed by atoms with van der Waals surface area (Å²) in [4.78, 5) is 0. The first-order chi connectivity index (χ1) is 5.29. The number of aromatic nitrogens is 1. The predicted octanol–water partition coefficient (Wildman–Crippen LogP) is 1.37. The second-order valence-electron chi connectivity index (χ2n) is 3.57. The minimum atomic E-state index is 0.110. The fourth-order valence-electron chi connectivity index (χ4n) is 1.63. The van der Waals surface area contributed by atoms with Crippen LogP contribution in [0, 0.1) is 0 Å². The molecule has 2 N–H and O–H groups in total. The zero-order valence-corrected chi connectivity index (χ0v) is 6.66. The van der Waals surface area contributed by atoms with Gasteiger partial charge in [0.25, 0.3) is 0 Å². The zero-order valence-electron chi connectivity index (χ0n) is 6.66. The Morgan fingerprint density at radius 1 is 1.27 bits per heavy atom. The van der Waals surface area contributed by atoms with Crippen molar-refractivity contribution in [1.82, 2.24) is 4.57 Å². The molecule has 0 atom stereocenters. The molecule has 2 nitrogen and oxygen atoms in total. The molecule has 0 aliphatic heterocycles. The first kappa shape index (κ1) is 6.92. The van der Waals surface area contributed by atoms with E-state index >= 15 is 0 Å². The van der Waals surface area contributed by atoms with E-state index in [2.05, 4.69) is 17.0 Å². The lowest BCUT2D eigenvalue weighted by Crippen LogP contribution is -2.49. The summed E-state index contributed by atoms with van der Waals surface area (Å²) in [6.45, 7) is 0.986. The van der Waals surface area contributed by atoms with Gasteiger partial charge in [-0.1, -0.05) is 0 Å². The molecule has 0 amide bonds. The first-order valence-electron chi connectivity index (χ1n) is 4.18. The molecule has 0 saturated heterocycles. The quantitative estimate of drug-likeness (QED) is 0.678. The number of rotatable bonds is 2. The van der Waals surface area contributed by atoms with Crippen molar-refractivity contribution in [1.29, 1.82) is 0 Å². The van der Waals surface area contributed by atoms with E-state index in [-0.39, 0.29) is 5.54 Å². The van der Waals surface area contributed by atoms with Crippen molar-refractivity contribution < 1.29 is 0 Å². The number of nitrogens with zero attached hydrogens (tertiary/aromatic N) is 1. The van der Waals surface area contributed by atoms with E-state index in [9.17, 15) is 0 Å². The van der Waals surface area contributed by atoms with E-state index in [1.165, 1.54) is 19.3 Å². The Bertz CT molecular complexity index is 222.